The molecule has 0 spiro atoms. The van der Waals surface area contributed by atoms with Crippen molar-refractivity contribution in [3.8, 4) is 0 Å². The van der Waals surface area contributed by atoms with Gasteiger partial charge >= 0.3 is 5.97 Å². The van der Waals surface area contributed by atoms with Gasteiger partial charge in [0.15, 0.2) is 0 Å². The number of H-pyrrole nitrogens is 1. The number of aliphatic carboxylic acids is 1. The van der Waals surface area contributed by atoms with Crippen LogP contribution < -0.4 is 0 Å². The van der Waals surface area contributed by atoms with Gasteiger partial charge in [0, 0.05) is 11.2 Å². The van der Waals surface area contributed by atoms with E-state index in [0.29, 0.717) is 0 Å². The smallest absolute Gasteiger partial charge is 0.309 e. The van der Waals surface area contributed by atoms with E-state index in [4.69, 9.17) is 5.11 Å². The Balaban J connectivity index is 2.44. The molecule has 1 aromatic carbocycles. The summed E-state index contributed by atoms with van der Waals surface area (Å²) >= 11 is 0. The molecule has 0 aliphatic heterocycles. The first-order valence-corrected chi connectivity index (χ1v) is 4.04. The van der Waals surface area contributed by atoms with Gasteiger partial charge in [0.25, 0.3) is 0 Å². The monoisotopic (exact) mass is 181 g/mol. The van der Waals surface area contributed by atoms with E-state index in [0.717, 1.165) is 16.6 Å². The number of hydrogen-bond donors (Lipinski definition) is 2. The molecule has 0 amide bonds. The second-order valence-electron chi connectivity index (χ2n) is 2.95. The van der Waals surface area contributed by atoms with Crippen molar-refractivity contribution >= 4 is 16.9 Å². The topological polar surface area (TPSA) is 53.1 Å². The van der Waals surface area contributed by atoms with E-state index < -0.39 is 5.97 Å². The van der Waals surface area contributed by atoms with Gasteiger partial charge in [-0.2, -0.15) is 0 Å². The summed E-state index contributed by atoms with van der Waals surface area (Å²) in [5.41, 5.74) is 1.73. The van der Waals surface area contributed by atoms with Gasteiger partial charge in [-0.05, 0) is 17.5 Å². The molecule has 0 aliphatic carbocycles. The number of hydrogen-bond acceptors (Lipinski definition) is 1. The van der Waals surface area contributed by atoms with Gasteiger partial charge in [0.1, 0.15) is 0 Å². The molecule has 3 nitrogen and oxygen atoms in total. The second kappa shape index (κ2) is 2.94. The second-order valence-corrected chi connectivity index (χ2v) is 2.95. The Bertz CT molecular complexity index is 412. The minimum atomic E-state index is -0.813. The van der Waals surface area contributed by atoms with Gasteiger partial charge in [-0.15, -0.1) is 0 Å². The van der Waals surface area contributed by atoms with Gasteiger partial charge in [-0.1, -0.05) is 18.2 Å². The third-order valence-electron chi connectivity index (χ3n) is 1.93. The first-order valence-electron chi connectivity index (χ1n) is 4.04. The Labute approximate surface area is 75.0 Å². The molecule has 13 heavy (non-hydrogen) atoms. The van der Waals surface area contributed by atoms with Crippen molar-refractivity contribution in [3.63, 3.8) is 0 Å². The van der Waals surface area contributed by atoms with E-state index in [-0.39, 0.29) is 6.42 Å². The fourth-order valence-corrected chi connectivity index (χ4v) is 1.39. The average molecular weight is 181 g/mol. The molecule has 0 aliphatic rings. The lowest BCUT2D eigenvalue weighted by atomic mass is 10.3. The maximum Gasteiger partial charge on any atom is 0.309 e. The fourth-order valence-electron chi connectivity index (χ4n) is 1.39. The maximum atomic E-state index is 10.4. The Morgan fingerprint density at radius 1 is 1.38 bits per heavy atom. The Morgan fingerprint density at radius 2 is 2.15 bits per heavy atom. The first kappa shape index (κ1) is 7.86. The summed E-state index contributed by atoms with van der Waals surface area (Å²) in [4.78, 5) is 13.5. The first-order chi connectivity index (χ1) is 6.25. The molecule has 0 unspecified atom stereocenters. The van der Waals surface area contributed by atoms with E-state index in [1.807, 2.05) is 30.3 Å². The summed E-state index contributed by atoms with van der Waals surface area (Å²) in [7, 11) is 0. The summed E-state index contributed by atoms with van der Waals surface area (Å²) in [5, 5.41) is 9.63. The third-order valence-corrected chi connectivity index (χ3v) is 1.93. The van der Waals surface area contributed by atoms with Crippen molar-refractivity contribution in [3.05, 3.63) is 36.0 Å². The number of fused-ring (bicyclic) bond motifs is 1. The van der Waals surface area contributed by atoms with Crippen LogP contribution in [0.4, 0.5) is 0 Å². The molecule has 2 N–H and O–H groups in total. The minimum absolute atomic E-state index is 0.0503. The third kappa shape index (κ3) is 1.54. The van der Waals surface area contributed by atoms with Crippen molar-refractivity contribution in [1.29, 1.82) is 0 Å². The number of carboxylic acids is 1. The van der Waals surface area contributed by atoms with Crippen LogP contribution in [0.5, 0.6) is 0 Å². The van der Waals surface area contributed by atoms with Gasteiger partial charge < -0.3 is 10.1 Å². The molecular formula is C10H9NO2. The number of aromatic amines is 1. The molecule has 3 heteroatoms. The van der Waals surface area contributed by atoms with Crippen LogP contribution in [0.15, 0.2) is 30.3 Å². The summed E-state index contributed by atoms with van der Waals surface area (Å²) < 4.78 is 0. The molecule has 0 fully saturated rings. The largest absolute Gasteiger partial charge is 0.481 e. The van der Waals surface area contributed by atoms with Crippen LogP contribution in [0, 0.1) is 0 Å². The van der Waals surface area contributed by atoms with Crippen LogP contribution in [-0.4, -0.2) is 16.1 Å². The summed E-state index contributed by atoms with van der Waals surface area (Å²) in [6, 6.07) is 9.60. The number of carboxylic acid groups (broad SMARTS) is 1. The highest BCUT2D eigenvalue weighted by molar-refractivity contribution is 5.82. The molecule has 0 radical (unpaired) electrons. The fraction of sp³-hybridized carbons (Fsp3) is 0.100. The predicted molar refractivity (Wildman–Crippen MR) is 49.6 cm³/mol. The van der Waals surface area contributed by atoms with Crippen LogP contribution in [0.25, 0.3) is 10.9 Å². The van der Waals surface area contributed by atoms with Crippen LogP contribution in [0.1, 0.15) is 5.69 Å². The van der Waals surface area contributed by atoms with Crippen LogP contribution in [0.2, 0.25) is 0 Å². The van der Waals surface area contributed by atoms with E-state index >= 15 is 0 Å². The van der Waals surface area contributed by atoms with Crippen molar-refractivity contribution < 1.29 is 9.90 Å². The lowest BCUT2D eigenvalue weighted by Crippen LogP contribution is -1.99. The van der Waals surface area contributed by atoms with E-state index in [1.165, 1.54) is 0 Å². The van der Waals surface area contributed by atoms with Gasteiger partial charge in [0.05, 0.1) is 6.42 Å². The van der Waals surface area contributed by atoms with Crippen LogP contribution in [0.3, 0.4) is 0 Å². The predicted octanol–water partition coefficient (Wildman–Crippen LogP) is 1.79. The summed E-state index contributed by atoms with van der Waals surface area (Å²) in [5.74, 6) is -0.813. The molecule has 0 bridgehead atoms. The van der Waals surface area contributed by atoms with Gasteiger partial charge in [-0.3, -0.25) is 4.79 Å². The molecule has 66 valence electrons. The standard InChI is InChI=1S/C10H9NO2/c12-10(13)6-8-5-7-3-1-2-4-9(7)11-8/h1-5,11H,6H2,(H,12,13)/i1+1,2+1,3+1,4+1,7+1,9+1. The highest BCUT2D eigenvalue weighted by Crippen LogP contribution is 2.14. The Hall–Kier alpha value is -1.77. The Kier molecular flexibility index (Phi) is 1.77. The Morgan fingerprint density at radius 3 is 2.85 bits per heavy atom. The highest BCUT2D eigenvalue weighted by Gasteiger charge is 2.03. The number of benzene rings is 1. The molecule has 0 saturated carbocycles. The van der Waals surface area contributed by atoms with E-state index in [1.54, 1.807) is 0 Å². The number of carbonyl (C=O) groups is 1. The molecule has 1 aromatic heterocycles. The zero-order valence-corrected chi connectivity index (χ0v) is 6.95. The van der Waals surface area contributed by atoms with Crippen molar-refractivity contribution in [2.24, 2.45) is 0 Å². The summed E-state index contributed by atoms with van der Waals surface area (Å²) in [6.45, 7) is 0. The zero-order chi connectivity index (χ0) is 9.26. The molecule has 0 atom stereocenters. The molecular weight excluding hydrogens is 172 g/mol. The number of aromatic nitrogens is 1. The molecule has 2 aromatic rings. The number of rotatable bonds is 2. The van der Waals surface area contributed by atoms with Gasteiger partial charge in [-0.25, -0.2) is 0 Å². The van der Waals surface area contributed by atoms with Crippen LogP contribution in [-0.2, 0) is 11.2 Å². The maximum absolute atomic E-state index is 10.4. The minimum Gasteiger partial charge on any atom is -0.481 e. The lowest BCUT2D eigenvalue weighted by Gasteiger charge is -1.88. The highest BCUT2D eigenvalue weighted by atomic mass is 16.4. The molecule has 1 heterocycles. The normalized spacial score (nSPS) is 10.5. The SMILES string of the molecule is O=C(O)Cc1c[13c]2[13cH][13cH][13cH][13cH][13c]2[nH]1. The van der Waals surface area contributed by atoms with Gasteiger partial charge in [0.2, 0.25) is 0 Å². The molecule has 2 rings (SSSR count). The number of nitrogens with one attached hydrogen (secondary N) is 1. The number of para-hydroxylation sites is 1. The lowest BCUT2D eigenvalue weighted by molar-refractivity contribution is -0.136. The van der Waals surface area contributed by atoms with Crippen molar-refractivity contribution in [2.75, 3.05) is 0 Å². The summed E-state index contributed by atoms with van der Waals surface area (Å²) in [6.07, 6.45) is 0.0503. The quantitative estimate of drug-likeness (QED) is 0.742. The van der Waals surface area contributed by atoms with E-state index in [2.05, 4.69) is 4.98 Å². The molecule has 0 saturated heterocycles. The van der Waals surface area contributed by atoms with Crippen molar-refractivity contribution in [2.45, 2.75) is 6.42 Å². The van der Waals surface area contributed by atoms with Crippen LogP contribution >= 0.6 is 0 Å². The van der Waals surface area contributed by atoms with E-state index in [9.17, 15) is 4.79 Å². The zero-order valence-electron chi connectivity index (χ0n) is 6.95. The van der Waals surface area contributed by atoms with Crippen molar-refractivity contribution in [1.82, 2.24) is 4.98 Å². The average Bonchev–Trinajstić information content (AvgIpc) is 2.44.